The van der Waals surface area contributed by atoms with E-state index in [2.05, 4.69) is 23.2 Å². The summed E-state index contributed by atoms with van der Waals surface area (Å²) in [7, 11) is 0. The number of rotatable bonds is 3. The minimum absolute atomic E-state index is 0.708. The molecule has 0 amide bonds. The fourth-order valence-electron chi connectivity index (χ4n) is 2.57. The zero-order valence-corrected chi connectivity index (χ0v) is 10.7. The minimum Gasteiger partial charge on any atom is -0.384 e. The van der Waals surface area contributed by atoms with Gasteiger partial charge in [-0.15, -0.1) is 0 Å². The zero-order chi connectivity index (χ0) is 12.3. The van der Waals surface area contributed by atoms with Gasteiger partial charge in [0.15, 0.2) is 0 Å². The quantitative estimate of drug-likeness (QED) is 0.822. The molecule has 17 heavy (non-hydrogen) atoms. The molecule has 1 atom stereocenters. The third-order valence-corrected chi connectivity index (χ3v) is 3.47. The summed E-state index contributed by atoms with van der Waals surface area (Å²) in [6, 6.07) is 8.09. The van der Waals surface area contributed by atoms with E-state index >= 15 is 0 Å². The number of nitrogens with zero attached hydrogens (tertiary/aromatic N) is 1. The summed E-state index contributed by atoms with van der Waals surface area (Å²) in [5, 5.41) is 14.0. The molecule has 2 N–H and O–H groups in total. The Hall–Kier alpha value is -0.900. The van der Waals surface area contributed by atoms with Gasteiger partial charge in [-0.05, 0) is 25.0 Å². The number of aliphatic hydroxyl groups is 1. The third kappa shape index (κ3) is 3.06. The van der Waals surface area contributed by atoms with E-state index in [9.17, 15) is 5.11 Å². The Labute approximate surface area is 103 Å². The van der Waals surface area contributed by atoms with Crippen LogP contribution in [0.1, 0.15) is 18.1 Å². The lowest BCUT2D eigenvalue weighted by atomic mass is 9.91. The van der Waals surface area contributed by atoms with Gasteiger partial charge in [0, 0.05) is 32.7 Å². The van der Waals surface area contributed by atoms with Gasteiger partial charge in [-0.2, -0.15) is 0 Å². The molecule has 1 aliphatic rings. The predicted octanol–water partition coefficient (Wildman–Crippen LogP) is 1.11. The number of aryl methyl sites for hydroxylation is 1. The van der Waals surface area contributed by atoms with Crippen LogP contribution in [0.25, 0.3) is 0 Å². The highest BCUT2D eigenvalue weighted by atomic mass is 16.3. The molecule has 1 fully saturated rings. The van der Waals surface area contributed by atoms with Crippen LogP contribution in [0.3, 0.4) is 0 Å². The van der Waals surface area contributed by atoms with E-state index in [0.717, 1.165) is 37.3 Å². The number of hydrogen-bond donors (Lipinski definition) is 2. The smallest absolute Gasteiger partial charge is 0.0997 e. The highest BCUT2D eigenvalue weighted by Gasteiger charge is 2.27. The molecule has 1 heterocycles. The van der Waals surface area contributed by atoms with Crippen molar-refractivity contribution in [3.8, 4) is 0 Å². The Balaban J connectivity index is 2.10. The van der Waals surface area contributed by atoms with Crippen LogP contribution in [0, 0.1) is 6.92 Å². The highest BCUT2D eigenvalue weighted by Crippen LogP contribution is 2.24. The number of nitrogens with one attached hydrogen (secondary N) is 1. The van der Waals surface area contributed by atoms with Gasteiger partial charge in [-0.1, -0.05) is 24.3 Å². The zero-order valence-electron chi connectivity index (χ0n) is 10.7. The second kappa shape index (κ2) is 5.17. The van der Waals surface area contributed by atoms with Crippen molar-refractivity contribution < 1.29 is 5.11 Å². The summed E-state index contributed by atoms with van der Waals surface area (Å²) >= 11 is 0. The van der Waals surface area contributed by atoms with E-state index in [-0.39, 0.29) is 0 Å². The first-order valence-corrected chi connectivity index (χ1v) is 6.31. The molecule has 3 nitrogen and oxygen atoms in total. The van der Waals surface area contributed by atoms with Gasteiger partial charge in [-0.25, -0.2) is 0 Å². The molecule has 3 heteroatoms. The first-order chi connectivity index (χ1) is 8.09. The summed E-state index contributed by atoms with van der Waals surface area (Å²) in [5.41, 5.74) is 1.44. The molecule has 1 unspecified atom stereocenters. The predicted molar refractivity (Wildman–Crippen MR) is 70.1 cm³/mol. The lowest BCUT2D eigenvalue weighted by molar-refractivity contribution is 0.0121. The monoisotopic (exact) mass is 234 g/mol. The van der Waals surface area contributed by atoms with Crippen LogP contribution in [-0.2, 0) is 5.60 Å². The average Bonchev–Trinajstić information content (AvgIpc) is 2.30. The van der Waals surface area contributed by atoms with Crippen LogP contribution >= 0.6 is 0 Å². The van der Waals surface area contributed by atoms with E-state index in [0.29, 0.717) is 6.54 Å². The summed E-state index contributed by atoms with van der Waals surface area (Å²) in [6.45, 7) is 8.75. The molecule has 0 bridgehead atoms. The minimum atomic E-state index is -0.761. The van der Waals surface area contributed by atoms with E-state index in [1.165, 1.54) is 0 Å². The summed E-state index contributed by atoms with van der Waals surface area (Å²) < 4.78 is 0. The SMILES string of the molecule is Cc1ccccc1C(C)(O)CN1CCNCC1. The Morgan fingerprint density at radius 1 is 1.29 bits per heavy atom. The molecule has 1 aromatic carbocycles. The molecule has 0 aromatic heterocycles. The molecule has 0 aliphatic carbocycles. The van der Waals surface area contributed by atoms with Crippen molar-refractivity contribution in [2.75, 3.05) is 32.7 Å². The Kier molecular flexibility index (Phi) is 3.82. The fourth-order valence-corrected chi connectivity index (χ4v) is 2.57. The van der Waals surface area contributed by atoms with Gasteiger partial charge in [0.05, 0.1) is 5.60 Å². The van der Waals surface area contributed by atoms with Gasteiger partial charge in [-0.3, -0.25) is 4.90 Å². The second-order valence-corrected chi connectivity index (χ2v) is 5.11. The van der Waals surface area contributed by atoms with Gasteiger partial charge in [0.1, 0.15) is 0 Å². The number of piperazine rings is 1. The van der Waals surface area contributed by atoms with Crippen molar-refractivity contribution in [3.63, 3.8) is 0 Å². The van der Waals surface area contributed by atoms with Crippen LogP contribution in [0.15, 0.2) is 24.3 Å². The van der Waals surface area contributed by atoms with Gasteiger partial charge >= 0.3 is 0 Å². The van der Waals surface area contributed by atoms with Crippen LogP contribution in [-0.4, -0.2) is 42.7 Å². The fraction of sp³-hybridized carbons (Fsp3) is 0.571. The maximum Gasteiger partial charge on any atom is 0.0997 e. The summed E-state index contributed by atoms with van der Waals surface area (Å²) in [4.78, 5) is 2.32. The van der Waals surface area contributed by atoms with Crippen molar-refractivity contribution in [2.24, 2.45) is 0 Å². The largest absolute Gasteiger partial charge is 0.384 e. The third-order valence-electron chi connectivity index (χ3n) is 3.47. The standard InChI is InChI=1S/C14H22N2O/c1-12-5-3-4-6-13(12)14(2,17)11-16-9-7-15-8-10-16/h3-6,15,17H,7-11H2,1-2H3. The maximum atomic E-state index is 10.7. The molecule has 2 rings (SSSR count). The van der Waals surface area contributed by atoms with Crippen molar-refractivity contribution in [1.29, 1.82) is 0 Å². The van der Waals surface area contributed by atoms with Crippen molar-refractivity contribution in [2.45, 2.75) is 19.4 Å². The highest BCUT2D eigenvalue weighted by molar-refractivity contribution is 5.31. The summed E-state index contributed by atoms with van der Waals surface area (Å²) in [5.74, 6) is 0. The van der Waals surface area contributed by atoms with E-state index in [1.54, 1.807) is 0 Å². The molecule has 0 saturated carbocycles. The topological polar surface area (TPSA) is 35.5 Å². The van der Waals surface area contributed by atoms with E-state index in [1.807, 2.05) is 25.1 Å². The van der Waals surface area contributed by atoms with Crippen molar-refractivity contribution in [1.82, 2.24) is 10.2 Å². The molecule has 1 saturated heterocycles. The van der Waals surface area contributed by atoms with Crippen molar-refractivity contribution in [3.05, 3.63) is 35.4 Å². The first-order valence-electron chi connectivity index (χ1n) is 6.31. The average molecular weight is 234 g/mol. The Morgan fingerprint density at radius 2 is 1.94 bits per heavy atom. The molecule has 0 spiro atoms. The molecule has 1 aliphatic heterocycles. The molecule has 94 valence electrons. The van der Waals surface area contributed by atoms with Crippen LogP contribution < -0.4 is 5.32 Å². The first kappa shape index (κ1) is 12.6. The number of benzene rings is 1. The van der Waals surface area contributed by atoms with Crippen molar-refractivity contribution >= 4 is 0 Å². The van der Waals surface area contributed by atoms with Crippen LogP contribution in [0.2, 0.25) is 0 Å². The molecular formula is C14H22N2O. The van der Waals surface area contributed by atoms with Gasteiger partial charge < -0.3 is 10.4 Å². The second-order valence-electron chi connectivity index (χ2n) is 5.11. The number of hydrogen-bond acceptors (Lipinski definition) is 3. The number of β-amino-alcohol motifs (C(OH)–C–C–N with tert-alkyl or cyclic N) is 1. The normalized spacial score (nSPS) is 21.1. The van der Waals surface area contributed by atoms with Crippen LogP contribution in [0.4, 0.5) is 0 Å². The molecular weight excluding hydrogens is 212 g/mol. The molecule has 1 aromatic rings. The Morgan fingerprint density at radius 3 is 2.59 bits per heavy atom. The van der Waals surface area contributed by atoms with Crippen LogP contribution in [0.5, 0.6) is 0 Å². The summed E-state index contributed by atoms with van der Waals surface area (Å²) in [6.07, 6.45) is 0. The van der Waals surface area contributed by atoms with E-state index in [4.69, 9.17) is 0 Å². The van der Waals surface area contributed by atoms with E-state index < -0.39 is 5.60 Å². The maximum absolute atomic E-state index is 10.7. The lowest BCUT2D eigenvalue weighted by Gasteiger charge is -2.35. The Bertz CT molecular complexity index is 370. The lowest BCUT2D eigenvalue weighted by Crippen LogP contribution is -2.48. The van der Waals surface area contributed by atoms with Gasteiger partial charge in [0.25, 0.3) is 0 Å². The molecule has 0 radical (unpaired) electrons. The van der Waals surface area contributed by atoms with Gasteiger partial charge in [0.2, 0.25) is 0 Å².